The highest BCUT2D eigenvalue weighted by Crippen LogP contribution is 2.35. The number of aromatic nitrogens is 2. The molecule has 1 aliphatic rings. The van der Waals surface area contributed by atoms with E-state index < -0.39 is 6.10 Å². The van der Waals surface area contributed by atoms with E-state index in [1.807, 2.05) is 78.9 Å². The van der Waals surface area contributed by atoms with Gasteiger partial charge in [-0.05, 0) is 36.0 Å². The molecule has 0 aliphatic heterocycles. The molecule has 0 spiro atoms. The molecule has 3 aromatic carbocycles. The second-order valence-electron chi connectivity index (χ2n) is 8.26. The molecule has 0 saturated heterocycles. The molecule has 5 rings (SSSR count). The van der Waals surface area contributed by atoms with E-state index in [4.69, 9.17) is 9.97 Å². The van der Waals surface area contributed by atoms with Crippen molar-refractivity contribution < 1.29 is 9.90 Å². The van der Waals surface area contributed by atoms with Crippen LogP contribution in [0.15, 0.2) is 84.9 Å². The highest BCUT2D eigenvalue weighted by molar-refractivity contribution is 5.90. The fourth-order valence-corrected chi connectivity index (χ4v) is 4.27. The molecule has 1 unspecified atom stereocenters. The van der Waals surface area contributed by atoms with Crippen LogP contribution in [0.5, 0.6) is 0 Å². The predicted octanol–water partition coefficient (Wildman–Crippen LogP) is 4.90. The molecule has 0 bridgehead atoms. The molecule has 5 heteroatoms. The molecule has 0 radical (unpaired) electrons. The van der Waals surface area contributed by atoms with Gasteiger partial charge in [0.25, 0.3) is 0 Å². The summed E-state index contributed by atoms with van der Waals surface area (Å²) in [5.41, 5.74) is 6.06. The van der Waals surface area contributed by atoms with E-state index in [9.17, 15) is 9.90 Å². The average Bonchev–Trinajstić information content (AvgIpc) is 2.87. The number of carbonyl (C=O) groups is 1. The first kappa shape index (κ1) is 21.0. The summed E-state index contributed by atoms with van der Waals surface area (Å²) in [5.74, 6) is 0.188. The third-order valence-electron chi connectivity index (χ3n) is 6.01. The Labute approximate surface area is 193 Å². The van der Waals surface area contributed by atoms with Crippen LogP contribution >= 0.6 is 0 Å². The number of hydrogen-bond donors (Lipinski definition) is 2. The van der Waals surface area contributed by atoms with Crippen molar-refractivity contribution >= 4 is 11.7 Å². The van der Waals surface area contributed by atoms with Crippen LogP contribution in [0.3, 0.4) is 0 Å². The lowest BCUT2D eigenvalue weighted by Crippen LogP contribution is -2.20. The number of nitrogens with zero attached hydrogens (tertiary/aromatic N) is 2. The molecule has 164 valence electrons. The fourth-order valence-electron chi connectivity index (χ4n) is 4.27. The van der Waals surface area contributed by atoms with Gasteiger partial charge in [0.15, 0.2) is 5.82 Å². The van der Waals surface area contributed by atoms with Gasteiger partial charge in [0.05, 0.1) is 11.4 Å². The maximum absolute atomic E-state index is 12.8. The molecule has 1 atom stereocenters. The van der Waals surface area contributed by atoms with Gasteiger partial charge in [0, 0.05) is 12.0 Å². The maximum Gasteiger partial charge on any atom is 0.225 e. The Bertz CT molecular complexity index is 1270. The summed E-state index contributed by atoms with van der Waals surface area (Å²) in [6, 6.07) is 27.4. The number of nitrogens with one attached hydrogen (secondary N) is 1. The highest BCUT2D eigenvalue weighted by Gasteiger charge is 2.25. The van der Waals surface area contributed by atoms with E-state index in [-0.39, 0.29) is 5.91 Å². The van der Waals surface area contributed by atoms with Crippen LogP contribution in [0.25, 0.3) is 11.3 Å². The number of fused-ring (bicyclic) bond motifs is 3. The smallest absolute Gasteiger partial charge is 0.225 e. The van der Waals surface area contributed by atoms with Crippen LogP contribution in [-0.4, -0.2) is 21.0 Å². The zero-order valence-corrected chi connectivity index (χ0v) is 18.2. The highest BCUT2D eigenvalue weighted by atomic mass is 16.3. The minimum absolute atomic E-state index is 0.147. The number of aliphatic hydroxyl groups is 1. The molecule has 1 aromatic heterocycles. The minimum Gasteiger partial charge on any atom is -0.382 e. The second kappa shape index (κ2) is 9.35. The van der Waals surface area contributed by atoms with Gasteiger partial charge in [-0.3, -0.25) is 4.79 Å². The quantitative estimate of drug-likeness (QED) is 0.452. The summed E-state index contributed by atoms with van der Waals surface area (Å²) in [4.78, 5) is 22.5. The Morgan fingerprint density at radius 1 is 0.879 bits per heavy atom. The molecule has 33 heavy (non-hydrogen) atoms. The van der Waals surface area contributed by atoms with Crippen molar-refractivity contribution in [2.45, 2.75) is 31.8 Å². The van der Waals surface area contributed by atoms with Gasteiger partial charge in [-0.1, -0.05) is 84.9 Å². The van der Waals surface area contributed by atoms with E-state index in [0.29, 0.717) is 29.9 Å². The number of aryl methyl sites for hydroxylation is 3. The first-order valence-electron chi connectivity index (χ1n) is 11.2. The Hall–Kier alpha value is -3.83. The maximum atomic E-state index is 12.8. The molecule has 0 saturated carbocycles. The molecular weight excluding hydrogens is 410 g/mol. The lowest BCUT2D eigenvalue weighted by Gasteiger charge is -2.22. The van der Waals surface area contributed by atoms with Crippen molar-refractivity contribution in [1.82, 2.24) is 9.97 Å². The Morgan fingerprint density at radius 2 is 1.58 bits per heavy atom. The van der Waals surface area contributed by atoms with Crippen LogP contribution in [-0.2, 0) is 24.1 Å². The van der Waals surface area contributed by atoms with Crippen molar-refractivity contribution in [3.05, 3.63) is 113 Å². The summed E-state index contributed by atoms with van der Waals surface area (Å²) in [6.07, 6.45) is 1.58. The van der Waals surface area contributed by atoms with Crippen LogP contribution in [0.4, 0.5) is 5.82 Å². The molecule has 0 fully saturated rings. The monoisotopic (exact) mass is 435 g/mol. The van der Waals surface area contributed by atoms with Gasteiger partial charge >= 0.3 is 0 Å². The van der Waals surface area contributed by atoms with E-state index in [2.05, 4.69) is 11.4 Å². The van der Waals surface area contributed by atoms with Gasteiger partial charge in [-0.25, -0.2) is 9.97 Å². The zero-order valence-electron chi connectivity index (χ0n) is 18.2. The SMILES string of the molecule is O=C(CCc1ccccc1)Nc1nc2c(nc1C(O)c1ccccc1)-c1ccccc1CC2. The van der Waals surface area contributed by atoms with E-state index in [1.54, 1.807) is 0 Å². The summed E-state index contributed by atoms with van der Waals surface area (Å²) in [5, 5.41) is 14.1. The van der Waals surface area contributed by atoms with E-state index in [0.717, 1.165) is 35.4 Å². The fraction of sp³-hybridized carbons (Fsp3) is 0.179. The summed E-state index contributed by atoms with van der Waals surface area (Å²) >= 11 is 0. The minimum atomic E-state index is -0.998. The number of hydrogen-bond acceptors (Lipinski definition) is 4. The van der Waals surface area contributed by atoms with Crippen LogP contribution in [0.1, 0.15) is 40.6 Å². The first-order valence-corrected chi connectivity index (χ1v) is 11.2. The molecule has 1 amide bonds. The van der Waals surface area contributed by atoms with E-state index >= 15 is 0 Å². The number of anilines is 1. The Balaban J connectivity index is 1.49. The number of rotatable bonds is 6. The topological polar surface area (TPSA) is 75.1 Å². The van der Waals surface area contributed by atoms with Gasteiger partial charge in [-0.2, -0.15) is 0 Å². The Morgan fingerprint density at radius 3 is 2.36 bits per heavy atom. The molecule has 1 aliphatic carbocycles. The summed E-state index contributed by atoms with van der Waals surface area (Å²) in [7, 11) is 0. The van der Waals surface area contributed by atoms with Gasteiger partial charge in [-0.15, -0.1) is 0 Å². The second-order valence-corrected chi connectivity index (χ2v) is 8.26. The predicted molar refractivity (Wildman–Crippen MR) is 129 cm³/mol. The van der Waals surface area contributed by atoms with Crippen molar-refractivity contribution in [3.63, 3.8) is 0 Å². The normalized spacial score (nSPS) is 13.0. The van der Waals surface area contributed by atoms with Crippen LogP contribution in [0.2, 0.25) is 0 Å². The first-order chi connectivity index (χ1) is 16.2. The molecular formula is C28H25N3O2. The molecule has 5 nitrogen and oxygen atoms in total. The van der Waals surface area contributed by atoms with Gasteiger partial charge in [0.1, 0.15) is 11.8 Å². The summed E-state index contributed by atoms with van der Waals surface area (Å²) in [6.45, 7) is 0. The van der Waals surface area contributed by atoms with Gasteiger partial charge in [0.2, 0.25) is 5.91 Å². The van der Waals surface area contributed by atoms with E-state index in [1.165, 1.54) is 5.56 Å². The summed E-state index contributed by atoms with van der Waals surface area (Å²) < 4.78 is 0. The van der Waals surface area contributed by atoms with Crippen LogP contribution < -0.4 is 5.32 Å². The average molecular weight is 436 g/mol. The lowest BCUT2D eigenvalue weighted by atomic mass is 9.91. The number of amides is 1. The standard InChI is InChI=1S/C28H25N3O2/c32-24(18-15-19-9-3-1-4-10-19)30-28-26(27(33)21-12-5-2-6-13-21)31-25-22-14-8-7-11-20(22)16-17-23(25)29-28/h1-14,27,33H,15-18H2,(H,29,30,32). The number of aliphatic hydroxyl groups excluding tert-OH is 1. The lowest BCUT2D eigenvalue weighted by molar-refractivity contribution is -0.116. The number of benzene rings is 3. The van der Waals surface area contributed by atoms with Gasteiger partial charge < -0.3 is 10.4 Å². The molecule has 2 N–H and O–H groups in total. The van der Waals surface area contributed by atoms with Crippen LogP contribution in [0, 0.1) is 0 Å². The van der Waals surface area contributed by atoms with Crippen molar-refractivity contribution in [1.29, 1.82) is 0 Å². The molecule has 4 aromatic rings. The third-order valence-corrected chi connectivity index (χ3v) is 6.01. The third kappa shape index (κ3) is 4.54. The Kier molecular flexibility index (Phi) is 5.96. The largest absolute Gasteiger partial charge is 0.382 e. The van der Waals surface area contributed by atoms with Crippen molar-refractivity contribution in [2.24, 2.45) is 0 Å². The van der Waals surface area contributed by atoms with Crippen molar-refractivity contribution in [3.8, 4) is 11.3 Å². The number of carbonyl (C=O) groups excluding carboxylic acids is 1. The molecule has 1 heterocycles. The van der Waals surface area contributed by atoms with Crippen molar-refractivity contribution in [2.75, 3.05) is 5.32 Å². The zero-order chi connectivity index (χ0) is 22.6.